The van der Waals surface area contributed by atoms with Gasteiger partial charge in [0.1, 0.15) is 17.4 Å². The summed E-state index contributed by atoms with van der Waals surface area (Å²) in [5.74, 6) is 0.222. The van der Waals surface area contributed by atoms with Crippen LogP contribution < -0.4 is 0 Å². The number of carbonyl (C=O) groups excluding carboxylic acids is 1. The molecule has 0 radical (unpaired) electrons. The van der Waals surface area contributed by atoms with Crippen LogP contribution in [0.5, 0.6) is 0 Å². The molecule has 0 spiro atoms. The standard InChI is InChI=1S/C18H17NO2/c1-11-7-13(3)15(8-12(11)2)9-16(10-19)18(20)17-5-6-21-14(17)4/h5-9H,1-4H3/b16-9+. The molecule has 0 saturated carbocycles. The van der Waals surface area contributed by atoms with Gasteiger partial charge in [0, 0.05) is 0 Å². The number of benzene rings is 1. The zero-order valence-electron chi connectivity index (χ0n) is 12.7. The monoisotopic (exact) mass is 279 g/mol. The van der Waals surface area contributed by atoms with Crippen molar-refractivity contribution in [1.29, 1.82) is 5.26 Å². The van der Waals surface area contributed by atoms with E-state index in [0.29, 0.717) is 11.3 Å². The molecular formula is C18H17NO2. The second kappa shape index (κ2) is 5.80. The molecule has 0 fully saturated rings. The summed E-state index contributed by atoms with van der Waals surface area (Å²) in [6, 6.07) is 7.65. The summed E-state index contributed by atoms with van der Waals surface area (Å²) < 4.78 is 5.13. The van der Waals surface area contributed by atoms with Crippen molar-refractivity contribution in [1.82, 2.24) is 0 Å². The van der Waals surface area contributed by atoms with Crippen LogP contribution >= 0.6 is 0 Å². The molecule has 2 rings (SSSR count). The van der Waals surface area contributed by atoms with Gasteiger partial charge >= 0.3 is 0 Å². The van der Waals surface area contributed by atoms with Crippen molar-refractivity contribution in [3.05, 3.63) is 63.6 Å². The van der Waals surface area contributed by atoms with E-state index in [0.717, 1.165) is 16.7 Å². The van der Waals surface area contributed by atoms with Crippen LogP contribution in [0, 0.1) is 39.0 Å². The van der Waals surface area contributed by atoms with E-state index in [-0.39, 0.29) is 11.4 Å². The highest BCUT2D eigenvalue weighted by Gasteiger charge is 2.16. The van der Waals surface area contributed by atoms with Crippen LogP contribution in [-0.4, -0.2) is 5.78 Å². The van der Waals surface area contributed by atoms with E-state index in [4.69, 9.17) is 4.42 Å². The normalized spacial score (nSPS) is 11.3. The van der Waals surface area contributed by atoms with Gasteiger partial charge in [0.15, 0.2) is 0 Å². The van der Waals surface area contributed by atoms with Crippen molar-refractivity contribution in [2.75, 3.05) is 0 Å². The third kappa shape index (κ3) is 2.95. The van der Waals surface area contributed by atoms with Gasteiger partial charge in [-0.1, -0.05) is 12.1 Å². The Morgan fingerprint density at radius 2 is 1.81 bits per heavy atom. The smallest absolute Gasteiger partial charge is 0.207 e. The van der Waals surface area contributed by atoms with E-state index in [1.54, 1.807) is 19.1 Å². The van der Waals surface area contributed by atoms with Crippen molar-refractivity contribution in [2.24, 2.45) is 0 Å². The predicted octanol–water partition coefficient (Wildman–Crippen LogP) is 4.30. The Labute approximate surface area is 124 Å². The Hall–Kier alpha value is -2.60. The molecular weight excluding hydrogens is 262 g/mol. The fourth-order valence-corrected chi connectivity index (χ4v) is 2.21. The Kier molecular flexibility index (Phi) is 4.09. The van der Waals surface area contributed by atoms with Gasteiger partial charge in [0.2, 0.25) is 5.78 Å². The third-order valence-electron chi connectivity index (χ3n) is 3.65. The second-order valence-electron chi connectivity index (χ2n) is 5.18. The van der Waals surface area contributed by atoms with Crippen LogP contribution in [0.25, 0.3) is 6.08 Å². The second-order valence-corrected chi connectivity index (χ2v) is 5.18. The van der Waals surface area contributed by atoms with E-state index in [2.05, 4.69) is 6.07 Å². The molecule has 0 aliphatic carbocycles. The van der Waals surface area contributed by atoms with Crippen LogP contribution in [0.2, 0.25) is 0 Å². The Morgan fingerprint density at radius 3 is 2.38 bits per heavy atom. The van der Waals surface area contributed by atoms with E-state index in [1.165, 1.54) is 11.8 Å². The van der Waals surface area contributed by atoms with Crippen molar-refractivity contribution < 1.29 is 9.21 Å². The summed E-state index contributed by atoms with van der Waals surface area (Å²) in [6.07, 6.45) is 3.11. The fraction of sp³-hybridized carbons (Fsp3) is 0.222. The number of carbonyl (C=O) groups is 1. The first kappa shape index (κ1) is 14.8. The molecule has 3 heteroatoms. The molecule has 2 aromatic rings. The zero-order valence-corrected chi connectivity index (χ0v) is 12.7. The van der Waals surface area contributed by atoms with Crippen molar-refractivity contribution >= 4 is 11.9 Å². The highest BCUT2D eigenvalue weighted by atomic mass is 16.3. The van der Waals surface area contributed by atoms with Gasteiger partial charge in [-0.05, 0) is 62.1 Å². The van der Waals surface area contributed by atoms with E-state index in [1.807, 2.05) is 32.9 Å². The number of nitrogens with zero attached hydrogens (tertiary/aromatic N) is 1. The number of allylic oxidation sites excluding steroid dienone is 1. The predicted molar refractivity (Wildman–Crippen MR) is 82.0 cm³/mol. The van der Waals surface area contributed by atoms with Crippen LogP contribution in [0.3, 0.4) is 0 Å². The maximum absolute atomic E-state index is 12.4. The molecule has 0 aliphatic heterocycles. The molecule has 0 unspecified atom stereocenters. The van der Waals surface area contributed by atoms with Gasteiger partial charge in [-0.2, -0.15) is 5.26 Å². The minimum atomic E-state index is -0.304. The summed E-state index contributed by atoms with van der Waals surface area (Å²) in [7, 11) is 0. The third-order valence-corrected chi connectivity index (χ3v) is 3.65. The highest BCUT2D eigenvalue weighted by Crippen LogP contribution is 2.20. The number of aryl methyl sites for hydroxylation is 4. The van der Waals surface area contributed by atoms with Gasteiger partial charge in [-0.15, -0.1) is 0 Å². The summed E-state index contributed by atoms with van der Waals surface area (Å²) in [4.78, 5) is 12.4. The van der Waals surface area contributed by atoms with E-state index in [9.17, 15) is 10.1 Å². The molecule has 1 heterocycles. The number of furan rings is 1. The number of hydrogen-bond acceptors (Lipinski definition) is 3. The first-order valence-corrected chi connectivity index (χ1v) is 6.72. The number of Topliss-reactive ketones (excluding diaryl/α,β-unsaturated/α-hetero) is 1. The lowest BCUT2D eigenvalue weighted by molar-refractivity contribution is 0.103. The maximum atomic E-state index is 12.4. The van der Waals surface area contributed by atoms with E-state index >= 15 is 0 Å². The fourth-order valence-electron chi connectivity index (χ4n) is 2.21. The molecule has 0 atom stereocenters. The quantitative estimate of drug-likeness (QED) is 0.478. The largest absolute Gasteiger partial charge is 0.469 e. The molecule has 0 N–H and O–H groups in total. The van der Waals surface area contributed by atoms with Gasteiger partial charge in [0.05, 0.1) is 11.8 Å². The molecule has 1 aromatic carbocycles. The van der Waals surface area contributed by atoms with Crippen molar-refractivity contribution in [2.45, 2.75) is 27.7 Å². The Bertz CT molecular complexity index is 773. The summed E-state index contributed by atoms with van der Waals surface area (Å²) in [5.41, 5.74) is 4.82. The van der Waals surface area contributed by atoms with Crippen LogP contribution in [0.4, 0.5) is 0 Å². The first-order valence-electron chi connectivity index (χ1n) is 6.72. The van der Waals surface area contributed by atoms with E-state index < -0.39 is 0 Å². The number of rotatable bonds is 3. The van der Waals surface area contributed by atoms with Gasteiger partial charge in [-0.25, -0.2) is 0 Å². The molecule has 3 nitrogen and oxygen atoms in total. The highest BCUT2D eigenvalue weighted by molar-refractivity contribution is 6.14. The van der Waals surface area contributed by atoms with Gasteiger partial charge < -0.3 is 4.42 Å². The molecule has 0 aliphatic rings. The number of nitriles is 1. The summed E-state index contributed by atoms with van der Waals surface area (Å²) in [5, 5.41) is 9.29. The topological polar surface area (TPSA) is 54.0 Å². The van der Waals surface area contributed by atoms with Gasteiger partial charge in [-0.3, -0.25) is 4.79 Å². The molecule has 106 valence electrons. The minimum Gasteiger partial charge on any atom is -0.469 e. The lowest BCUT2D eigenvalue weighted by Gasteiger charge is -2.07. The Balaban J connectivity index is 2.48. The molecule has 0 amide bonds. The summed E-state index contributed by atoms with van der Waals surface area (Å²) >= 11 is 0. The first-order chi connectivity index (χ1) is 9.93. The maximum Gasteiger partial charge on any atom is 0.207 e. The lowest BCUT2D eigenvalue weighted by Crippen LogP contribution is -2.02. The average Bonchev–Trinajstić information content (AvgIpc) is 2.87. The van der Waals surface area contributed by atoms with Crippen LogP contribution in [-0.2, 0) is 0 Å². The molecule has 0 saturated heterocycles. The zero-order chi connectivity index (χ0) is 15.6. The minimum absolute atomic E-state index is 0.117. The SMILES string of the molecule is Cc1cc(C)c(/C=C(\C#N)C(=O)c2ccoc2C)cc1C. The van der Waals surface area contributed by atoms with Crippen molar-refractivity contribution in [3.63, 3.8) is 0 Å². The summed E-state index contributed by atoms with van der Waals surface area (Å²) in [6.45, 7) is 7.74. The molecule has 21 heavy (non-hydrogen) atoms. The molecule has 0 bridgehead atoms. The number of hydrogen-bond donors (Lipinski definition) is 0. The molecule has 1 aromatic heterocycles. The van der Waals surface area contributed by atoms with Crippen molar-refractivity contribution in [3.8, 4) is 6.07 Å². The van der Waals surface area contributed by atoms with Crippen LogP contribution in [0.1, 0.15) is 38.4 Å². The van der Waals surface area contributed by atoms with Gasteiger partial charge in [0.25, 0.3) is 0 Å². The Morgan fingerprint density at radius 1 is 1.14 bits per heavy atom. The lowest BCUT2D eigenvalue weighted by atomic mass is 9.97. The van der Waals surface area contributed by atoms with Crippen LogP contribution in [0.15, 0.2) is 34.5 Å². The average molecular weight is 279 g/mol. The number of ketones is 1.